The molecule has 1 fully saturated rings. The predicted octanol–water partition coefficient (Wildman–Crippen LogP) is 5.95. The summed E-state index contributed by atoms with van der Waals surface area (Å²) >= 11 is 1.79. The van der Waals surface area contributed by atoms with Gasteiger partial charge in [-0.2, -0.15) is 0 Å². The fraction of sp³-hybridized carbons (Fsp3) is 0.222. The molecule has 0 aliphatic carbocycles. The quantitative estimate of drug-likeness (QED) is 0.257. The van der Waals surface area contributed by atoms with Gasteiger partial charge in [-0.3, -0.25) is 4.98 Å². The number of anilines is 2. The Kier molecular flexibility index (Phi) is 5.34. The molecule has 33 heavy (non-hydrogen) atoms. The first-order valence-corrected chi connectivity index (χ1v) is 12.3. The molecule has 4 N–H and O–H groups in total. The fourth-order valence-corrected chi connectivity index (χ4v) is 5.66. The summed E-state index contributed by atoms with van der Waals surface area (Å²) in [5, 5.41) is 11.9. The van der Waals surface area contributed by atoms with Gasteiger partial charge in [-0.15, -0.1) is 11.3 Å². The first kappa shape index (κ1) is 20.4. The second-order valence-electron chi connectivity index (χ2n) is 8.83. The number of pyridine rings is 1. The maximum absolute atomic E-state index is 4.62. The molecular formula is C27H27N5S. The van der Waals surface area contributed by atoms with E-state index in [4.69, 9.17) is 0 Å². The van der Waals surface area contributed by atoms with Crippen molar-refractivity contribution in [2.24, 2.45) is 0 Å². The number of rotatable bonds is 6. The zero-order valence-corrected chi connectivity index (χ0v) is 19.4. The van der Waals surface area contributed by atoms with Crippen molar-refractivity contribution < 1.29 is 0 Å². The van der Waals surface area contributed by atoms with E-state index < -0.39 is 0 Å². The minimum absolute atomic E-state index is 0.589. The fourth-order valence-electron chi connectivity index (χ4n) is 4.57. The van der Waals surface area contributed by atoms with Crippen molar-refractivity contribution in [1.29, 1.82) is 0 Å². The second-order valence-corrected chi connectivity index (χ2v) is 9.88. The molecule has 1 saturated heterocycles. The largest absolute Gasteiger partial charge is 0.359 e. The van der Waals surface area contributed by atoms with Crippen LogP contribution in [0.1, 0.15) is 17.7 Å². The summed E-state index contributed by atoms with van der Waals surface area (Å²) in [4.78, 5) is 9.25. The van der Waals surface area contributed by atoms with Crippen LogP contribution in [0.3, 0.4) is 0 Å². The van der Waals surface area contributed by atoms with Crippen LogP contribution >= 0.6 is 11.3 Å². The molecule has 0 bridgehead atoms. The summed E-state index contributed by atoms with van der Waals surface area (Å²) in [6.45, 7) is 5.19. The molecule has 0 spiro atoms. The molecule has 1 atom stereocenters. The van der Waals surface area contributed by atoms with Gasteiger partial charge in [0.25, 0.3) is 0 Å². The van der Waals surface area contributed by atoms with Gasteiger partial charge in [0.1, 0.15) is 0 Å². The number of hydrogen-bond donors (Lipinski definition) is 4. The van der Waals surface area contributed by atoms with Crippen molar-refractivity contribution >= 4 is 43.8 Å². The normalized spacial score (nSPS) is 16.1. The Balaban J connectivity index is 1.23. The Labute approximate surface area is 197 Å². The lowest BCUT2D eigenvalue weighted by Crippen LogP contribution is -2.30. The third-order valence-electron chi connectivity index (χ3n) is 6.34. The topological polar surface area (TPSA) is 64.8 Å². The van der Waals surface area contributed by atoms with Crippen LogP contribution in [0, 0.1) is 6.92 Å². The van der Waals surface area contributed by atoms with Crippen LogP contribution in [0.4, 0.5) is 11.4 Å². The average Bonchev–Trinajstić information content (AvgIpc) is 3.57. The molecule has 166 valence electrons. The van der Waals surface area contributed by atoms with Gasteiger partial charge in [0.05, 0.1) is 15.9 Å². The summed E-state index contributed by atoms with van der Waals surface area (Å²) in [6, 6.07) is 22.4. The van der Waals surface area contributed by atoms with E-state index >= 15 is 0 Å². The monoisotopic (exact) mass is 453 g/mol. The second kappa shape index (κ2) is 8.63. The molecule has 4 heterocycles. The van der Waals surface area contributed by atoms with E-state index in [1.807, 2.05) is 6.20 Å². The first-order chi connectivity index (χ1) is 16.2. The number of aromatic nitrogens is 2. The number of aryl methyl sites for hydroxylation is 1. The average molecular weight is 454 g/mol. The number of nitrogens with one attached hydrogen (secondary N) is 4. The standard InChI is InChI=1S/C27H27N5S/c1-17-12-20-13-21(6-7-23(20)31-17)32-24-9-11-29-25-14-26(33-27(24)25)19-4-2-18(3-5-19)15-30-22-8-10-28-16-22/h2-7,9,11-14,22,28,30-31H,8,10,15-16H2,1H3,(H,29,32). The highest BCUT2D eigenvalue weighted by Gasteiger charge is 2.13. The Morgan fingerprint density at radius 3 is 2.82 bits per heavy atom. The zero-order chi connectivity index (χ0) is 22.2. The lowest BCUT2D eigenvalue weighted by molar-refractivity contribution is 0.547. The molecule has 0 radical (unpaired) electrons. The van der Waals surface area contributed by atoms with Gasteiger partial charge in [0.15, 0.2) is 0 Å². The number of fused-ring (bicyclic) bond motifs is 2. The molecule has 1 aliphatic rings. The summed E-state index contributed by atoms with van der Waals surface area (Å²) in [5.74, 6) is 0. The lowest BCUT2D eigenvalue weighted by atomic mass is 10.1. The van der Waals surface area contributed by atoms with Crippen LogP contribution in [0.5, 0.6) is 0 Å². The number of benzene rings is 2. The zero-order valence-electron chi connectivity index (χ0n) is 18.6. The molecule has 3 aromatic heterocycles. The van der Waals surface area contributed by atoms with Crippen LogP contribution in [0.2, 0.25) is 0 Å². The van der Waals surface area contributed by atoms with E-state index in [1.165, 1.54) is 38.2 Å². The first-order valence-electron chi connectivity index (χ1n) is 11.5. The number of H-pyrrole nitrogens is 1. The van der Waals surface area contributed by atoms with Crippen molar-refractivity contribution in [3.8, 4) is 10.4 Å². The van der Waals surface area contributed by atoms with Crippen molar-refractivity contribution in [2.45, 2.75) is 25.9 Å². The van der Waals surface area contributed by atoms with Crippen molar-refractivity contribution in [3.05, 3.63) is 78.1 Å². The number of nitrogens with zero attached hydrogens (tertiary/aromatic N) is 1. The van der Waals surface area contributed by atoms with Gasteiger partial charge in [-0.1, -0.05) is 24.3 Å². The van der Waals surface area contributed by atoms with Crippen LogP contribution in [0.25, 0.3) is 31.6 Å². The number of aromatic amines is 1. The molecule has 0 amide bonds. The molecule has 0 saturated carbocycles. The van der Waals surface area contributed by atoms with Crippen molar-refractivity contribution in [2.75, 3.05) is 18.4 Å². The Hall–Kier alpha value is -3.19. The van der Waals surface area contributed by atoms with Crippen LogP contribution in [0.15, 0.2) is 66.9 Å². The molecule has 5 aromatic rings. The van der Waals surface area contributed by atoms with Crippen molar-refractivity contribution in [3.63, 3.8) is 0 Å². The third kappa shape index (κ3) is 4.25. The number of thiophene rings is 1. The van der Waals surface area contributed by atoms with E-state index in [0.717, 1.165) is 42.0 Å². The summed E-state index contributed by atoms with van der Waals surface area (Å²) < 4.78 is 1.18. The summed E-state index contributed by atoms with van der Waals surface area (Å²) in [5.41, 5.74) is 8.09. The highest BCUT2D eigenvalue weighted by atomic mass is 32.1. The Morgan fingerprint density at radius 1 is 1.06 bits per heavy atom. The molecule has 5 nitrogen and oxygen atoms in total. The smallest absolute Gasteiger partial charge is 0.0837 e. The Bertz CT molecular complexity index is 1410. The Morgan fingerprint density at radius 2 is 1.97 bits per heavy atom. The van der Waals surface area contributed by atoms with Gasteiger partial charge < -0.3 is 20.9 Å². The minimum atomic E-state index is 0.589. The summed E-state index contributed by atoms with van der Waals surface area (Å²) in [6.07, 6.45) is 3.09. The van der Waals surface area contributed by atoms with E-state index in [2.05, 4.69) is 93.5 Å². The molecule has 2 aromatic carbocycles. The van der Waals surface area contributed by atoms with Gasteiger partial charge in [-0.25, -0.2) is 0 Å². The van der Waals surface area contributed by atoms with E-state index in [0.29, 0.717) is 6.04 Å². The van der Waals surface area contributed by atoms with Gasteiger partial charge >= 0.3 is 0 Å². The summed E-state index contributed by atoms with van der Waals surface area (Å²) in [7, 11) is 0. The van der Waals surface area contributed by atoms with Crippen LogP contribution in [-0.4, -0.2) is 29.1 Å². The highest BCUT2D eigenvalue weighted by Crippen LogP contribution is 2.37. The third-order valence-corrected chi connectivity index (χ3v) is 7.55. The lowest BCUT2D eigenvalue weighted by Gasteiger charge is -2.11. The SMILES string of the molecule is Cc1cc2cc(Nc3ccnc4cc(-c5ccc(CNC6CCNC6)cc5)sc34)ccc2[nH]1. The molecule has 6 rings (SSSR count). The molecule has 1 aliphatic heterocycles. The minimum Gasteiger partial charge on any atom is -0.359 e. The van der Waals surface area contributed by atoms with Crippen LogP contribution in [-0.2, 0) is 6.54 Å². The van der Waals surface area contributed by atoms with Gasteiger partial charge in [-0.05, 0) is 67.4 Å². The number of hydrogen-bond acceptors (Lipinski definition) is 5. The highest BCUT2D eigenvalue weighted by molar-refractivity contribution is 7.22. The molecule has 1 unspecified atom stereocenters. The van der Waals surface area contributed by atoms with Gasteiger partial charge in [0, 0.05) is 52.5 Å². The van der Waals surface area contributed by atoms with Crippen molar-refractivity contribution in [1.82, 2.24) is 20.6 Å². The van der Waals surface area contributed by atoms with E-state index in [-0.39, 0.29) is 0 Å². The van der Waals surface area contributed by atoms with E-state index in [1.54, 1.807) is 11.3 Å². The maximum Gasteiger partial charge on any atom is 0.0837 e. The van der Waals surface area contributed by atoms with Gasteiger partial charge in [0.2, 0.25) is 0 Å². The maximum atomic E-state index is 4.62. The van der Waals surface area contributed by atoms with Crippen LogP contribution < -0.4 is 16.0 Å². The predicted molar refractivity (Wildman–Crippen MR) is 139 cm³/mol. The molecular weight excluding hydrogens is 426 g/mol. The molecule has 6 heteroatoms. The van der Waals surface area contributed by atoms with E-state index in [9.17, 15) is 0 Å².